The minimum absolute atomic E-state index is 0.961. The topological polar surface area (TPSA) is 64.5 Å². The Bertz CT molecular complexity index is 2910. The van der Waals surface area contributed by atoms with Crippen LogP contribution in [0.4, 0.5) is 0 Å². The van der Waals surface area contributed by atoms with Gasteiger partial charge in [0.2, 0.25) is 0 Å². The quantitative estimate of drug-likeness (QED) is 0.177. The summed E-state index contributed by atoms with van der Waals surface area (Å²) >= 11 is 0. The first-order valence-electron chi connectivity index (χ1n) is 16.8. The van der Waals surface area contributed by atoms with E-state index in [0.717, 1.165) is 16.7 Å². The summed E-state index contributed by atoms with van der Waals surface area (Å²) < 4.78 is 0. The van der Waals surface area contributed by atoms with Crippen LogP contribution in [-0.4, -0.2) is 25.6 Å². The number of hydrogen-bond donors (Lipinski definition) is 0. The summed E-state index contributed by atoms with van der Waals surface area (Å²) in [6.45, 7) is 0. The first-order chi connectivity index (χ1) is 24.8. The molecule has 5 heteroatoms. The number of hydrogen-bond acceptors (Lipinski definition) is 5. The fourth-order valence-corrected chi connectivity index (χ4v) is 9.11. The van der Waals surface area contributed by atoms with Crippen LogP contribution in [0.1, 0.15) is 0 Å². The van der Waals surface area contributed by atoms with Gasteiger partial charge in [-0.25, -0.2) is 0 Å². The summed E-state index contributed by atoms with van der Waals surface area (Å²) in [7, 11) is 0. The van der Waals surface area contributed by atoms with Crippen LogP contribution in [-0.2, 0) is 0 Å². The highest BCUT2D eigenvalue weighted by Crippen LogP contribution is 2.56. The molecule has 0 fully saturated rings. The predicted molar refractivity (Wildman–Crippen MR) is 203 cm³/mol. The van der Waals surface area contributed by atoms with Gasteiger partial charge in [0.25, 0.3) is 0 Å². The average Bonchev–Trinajstić information content (AvgIpc) is 3.68. The standard InChI is InChI=1S/C45H23N5/c1-5-24-7-3-11-34-40(24)30(9-1)38-19-36-28-14-16-33-37(29(28)13-15-32(36)42(44(34)38)26-17-18-46-47-21-26)20-39-31-10-2-6-25-8-4-12-35(41(25)31)45(39)43(33)27-22-48-50-49-23-27/h1-23H. The lowest BCUT2D eigenvalue weighted by molar-refractivity contribution is 0.867. The Morgan fingerprint density at radius 3 is 1.32 bits per heavy atom. The molecule has 2 aliphatic carbocycles. The van der Waals surface area contributed by atoms with Gasteiger partial charge in [-0.3, -0.25) is 0 Å². The molecule has 0 atom stereocenters. The van der Waals surface area contributed by atoms with Gasteiger partial charge in [-0.2, -0.15) is 10.2 Å². The maximum Gasteiger partial charge on any atom is 0.0608 e. The Labute approximate surface area is 285 Å². The lowest BCUT2D eigenvalue weighted by Gasteiger charge is -2.19. The zero-order valence-electron chi connectivity index (χ0n) is 26.5. The minimum atomic E-state index is 0.961. The molecule has 12 rings (SSSR count). The zero-order valence-corrected chi connectivity index (χ0v) is 26.5. The molecule has 2 heterocycles. The van der Waals surface area contributed by atoms with Crippen LogP contribution in [0.25, 0.3) is 121 Å². The van der Waals surface area contributed by atoms with Crippen molar-refractivity contribution >= 4 is 53.9 Å². The molecule has 2 aliphatic rings. The first-order valence-corrected chi connectivity index (χ1v) is 16.8. The fraction of sp³-hybridized carbons (Fsp3) is 0. The van der Waals surface area contributed by atoms with Gasteiger partial charge in [0, 0.05) is 16.7 Å². The number of rotatable bonds is 2. The molecular weight excluding hydrogens is 611 g/mol. The second-order valence-corrected chi connectivity index (χ2v) is 13.3. The molecule has 5 nitrogen and oxygen atoms in total. The summed E-state index contributed by atoms with van der Waals surface area (Å²) in [4.78, 5) is 0. The third kappa shape index (κ3) is 3.24. The van der Waals surface area contributed by atoms with Gasteiger partial charge in [-0.05, 0) is 127 Å². The van der Waals surface area contributed by atoms with Crippen LogP contribution in [0, 0.1) is 0 Å². The highest BCUT2D eigenvalue weighted by atomic mass is 15.3. The maximum atomic E-state index is 4.33. The SMILES string of the molecule is c1cc2c3c(cccc3c1)-c1c-2cc2c(ccc3c4cc5c(c(-c6cnnnc6)c4ccc23)-c2cccc3cccc-5c23)c1-c1ccnnc1. The molecule has 50 heavy (non-hydrogen) atoms. The van der Waals surface area contributed by atoms with E-state index in [-0.39, 0.29) is 0 Å². The molecule has 0 N–H and O–H groups in total. The largest absolute Gasteiger partial charge is 0.159 e. The smallest absolute Gasteiger partial charge is 0.0608 e. The van der Waals surface area contributed by atoms with E-state index in [2.05, 4.69) is 141 Å². The molecule has 8 aromatic carbocycles. The van der Waals surface area contributed by atoms with Gasteiger partial charge >= 0.3 is 0 Å². The third-order valence-corrected chi connectivity index (χ3v) is 11.0. The van der Waals surface area contributed by atoms with E-state index in [0.29, 0.717) is 0 Å². The van der Waals surface area contributed by atoms with E-state index in [9.17, 15) is 0 Å². The van der Waals surface area contributed by atoms with Gasteiger partial charge in [0.15, 0.2) is 0 Å². The Balaban J connectivity index is 1.24. The summed E-state index contributed by atoms with van der Waals surface area (Å²) in [5, 5.41) is 33.2. The molecule has 0 bridgehead atoms. The maximum absolute atomic E-state index is 4.33. The predicted octanol–water partition coefficient (Wildman–Crippen LogP) is 11.1. The van der Waals surface area contributed by atoms with E-state index in [1.54, 1.807) is 6.20 Å². The number of aromatic nitrogens is 5. The van der Waals surface area contributed by atoms with E-state index in [1.165, 1.54) is 104 Å². The van der Waals surface area contributed by atoms with Crippen molar-refractivity contribution in [2.75, 3.05) is 0 Å². The van der Waals surface area contributed by atoms with Crippen LogP contribution in [0.5, 0.6) is 0 Å². The van der Waals surface area contributed by atoms with Crippen molar-refractivity contribution in [2.24, 2.45) is 0 Å². The van der Waals surface area contributed by atoms with Gasteiger partial charge in [-0.1, -0.05) is 97.1 Å². The second kappa shape index (κ2) is 9.40. The Morgan fingerprint density at radius 1 is 0.320 bits per heavy atom. The molecule has 2 aromatic heterocycles. The van der Waals surface area contributed by atoms with Crippen molar-refractivity contribution in [1.82, 2.24) is 25.6 Å². The van der Waals surface area contributed by atoms with E-state index >= 15 is 0 Å². The lowest BCUT2D eigenvalue weighted by atomic mass is 9.84. The van der Waals surface area contributed by atoms with Gasteiger partial charge in [-0.15, -0.1) is 10.2 Å². The van der Waals surface area contributed by atoms with Crippen LogP contribution in [0.15, 0.2) is 140 Å². The molecule has 0 amide bonds. The van der Waals surface area contributed by atoms with Crippen LogP contribution in [0.2, 0.25) is 0 Å². The van der Waals surface area contributed by atoms with Crippen molar-refractivity contribution in [1.29, 1.82) is 0 Å². The van der Waals surface area contributed by atoms with Crippen molar-refractivity contribution in [3.63, 3.8) is 0 Å². The third-order valence-electron chi connectivity index (χ3n) is 11.0. The Morgan fingerprint density at radius 2 is 0.800 bits per heavy atom. The molecular formula is C45H23N5. The number of fused-ring (bicyclic) bond motifs is 11. The van der Waals surface area contributed by atoms with Gasteiger partial charge in [0.1, 0.15) is 0 Å². The van der Waals surface area contributed by atoms with Crippen LogP contribution in [0.3, 0.4) is 0 Å². The summed E-state index contributed by atoms with van der Waals surface area (Å²) in [5.74, 6) is 0. The van der Waals surface area contributed by atoms with E-state index < -0.39 is 0 Å². The molecule has 0 aliphatic heterocycles. The summed E-state index contributed by atoms with van der Waals surface area (Å²) in [6, 6.07) is 42.7. The minimum Gasteiger partial charge on any atom is -0.159 e. The Hall–Kier alpha value is -6.85. The monoisotopic (exact) mass is 633 g/mol. The van der Waals surface area contributed by atoms with Crippen molar-refractivity contribution in [3.05, 3.63) is 140 Å². The molecule has 0 unspecified atom stereocenters. The summed E-state index contributed by atoms with van der Waals surface area (Å²) in [5.41, 5.74) is 14.4. The number of nitrogens with zero attached hydrogens (tertiary/aromatic N) is 5. The van der Waals surface area contributed by atoms with Crippen molar-refractivity contribution in [2.45, 2.75) is 0 Å². The lowest BCUT2D eigenvalue weighted by Crippen LogP contribution is -1.94. The van der Waals surface area contributed by atoms with E-state index in [1.807, 2.05) is 18.6 Å². The van der Waals surface area contributed by atoms with Gasteiger partial charge in [0.05, 0.1) is 24.8 Å². The molecule has 228 valence electrons. The molecule has 0 spiro atoms. The van der Waals surface area contributed by atoms with Crippen molar-refractivity contribution < 1.29 is 0 Å². The molecule has 0 radical (unpaired) electrons. The van der Waals surface area contributed by atoms with Gasteiger partial charge < -0.3 is 0 Å². The summed E-state index contributed by atoms with van der Waals surface area (Å²) in [6.07, 6.45) is 7.37. The normalized spacial score (nSPS) is 12.4. The van der Waals surface area contributed by atoms with Crippen LogP contribution >= 0.6 is 0 Å². The van der Waals surface area contributed by atoms with Crippen LogP contribution < -0.4 is 0 Å². The molecule has 10 aromatic rings. The Kier molecular flexibility index (Phi) is 4.91. The zero-order chi connectivity index (χ0) is 32.5. The molecule has 0 saturated heterocycles. The highest BCUT2D eigenvalue weighted by Gasteiger charge is 2.29. The highest BCUT2D eigenvalue weighted by molar-refractivity contribution is 6.30. The van der Waals surface area contributed by atoms with E-state index in [4.69, 9.17) is 0 Å². The second-order valence-electron chi connectivity index (χ2n) is 13.3. The average molecular weight is 634 g/mol. The fourth-order valence-electron chi connectivity index (χ4n) is 9.11. The first kappa shape index (κ1) is 26.1. The van der Waals surface area contributed by atoms with Crippen molar-refractivity contribution in [3.8, 4) is 66.8 Å². The molecule has 0 saturated carbocycles. The number of benzene rings is 8.